The Morgan fingerprint density at radius 1 is 1.50 bits per heavy atom. The molecule has 0 aliphatic heterocycles. The zero-order valence-corrected chi connectivity index (χ0v) is 12.0. The Labute approximate surface area is 111 Å². The summed E-state index contributed by atoms with van der Waals surface area (Å²) in [5.74, 6) is 0.946. The van der Waals surface area contributed by atoms with Gasteiger partial charge >= 0.3 is 0 Å². The van der Waals surface area contributed by atoms with Gasteiger partial charge in [0.15, 0.2) is 0 Å². The van der Waals surface area contributed by atoms with Crippen LogP contribution in [0.1, 0.15) is 31.7 Å². The zero-order chi connectivity index (χ0) is 11.7. The van der Waals surface area contributed by atoms with Crippen molar-refractivity contribution in [3.05, 3.63) is 27.2 Å². The quantitative estimate of drug-likeness (QED) is 0.824. The van der Waals surface area contributed by atoms with Crippen LogP contribution >= 0.6 is 27.5 Å². The van der Waals surface area contributed by atoms with Crippen LogP contribution in [0.25, 0.3) is 0 Å². The number of benzene rings is 1. The van der Waals surface area contributed by atoms with Crippen LogP contribution in [0, 0.1) is 12.8 Å². The molecule has 0 aromatic heterocycles. The second-order valence-electron chi connectivity index (χ2n) is 4.81. The number of anilines is 1. The fraction of sp³-hybridized carbons (Fsp3) is 0.538. The molecule has 88 valence electrons. The molecule has 0 spiro atoms. The van der Waals surface area contributed by atoms with E-state index in [2.05, 4.69) is 34.2 Å². The topological polar surface area (TPSA) is 12.0 Å². The highest BCUT2D eigenvalue weighted by molar-refractivity contribution is 9.10. The number of hydrogen-bond acceptors (Lipinski definition) is 1. The second-order valence-corrected chi connectivity index (χ2v) is 6.07. The molecular formula is C13H17BrClN. The van der Waals surface area contributed by atoms with Crippen LogP contribution in [0.15, 0.2) is 16.6 Å². The normalized spacial score (nSPS) is 17.2. The Morgan fingerprint density at radius 2 is 2.19 bits per heavy atom. The molecule has 1 aromatic rings. The number of halogens is 2. The van der Waals surface area contributed by atoms with Crippen LogP contribution in [-0.2, 0) is 0 Å². The molecular weight excluding hydrogens is 286 g/mol. The van der Waals surface area contributed by atoms with Crippen LogP contribution in [0.2, 0.25) is 5.02 Å². The summed E-state index contributed by atoms with van der Waals surface area (Å²) in [7, 11) is 0. The molecule has 1 nitrogen and oxygen atoms in total. The van der Waals surface area contributed by atoms with E-state index in [4.69, 9.17) is 11.6 Å². The van der Waals surface area contributed by atoms with Gasteiger partial charge in [0.25, 0.3) is 0 Å². The van der Waals surface area contributed by atoms with Gasteiger partial charge in [-0.15, -0.1) is 0 Å². The predicted octanol–water partition coefficient (Wildman–Crippen LogP) is 5.01. The first-order valence-electron chi connectivity index (χ1n) is 5.78. The van der Waals surface area contributed by atoms with Crippen LogP contribution in [0.5, 0.6) is 0 Å². The Morgan fingerprint density at radius 3 is 2.81 bits per heavy atom. The van der Waals surface area contributed by atoms with Gasteiger partial charge in [0, 0.05) is 15.5 Å². The fourth-order valence-corrected chi connectivity index (χ4v) is 2.67. The lowest BCUT2D eigenvalue weighted by molar-refractivity contribution is 0.642. The van der Waals surface area contributed by atoms with Crippen molar-refractivity contribution in [2.24, 2.45) is 5.92 Å². The number of hydrogen-bond donors (Lipinski definition) is 1. The molecule has 1 fully saturated rings. The molecule has 1 unspecified atom stereocenters. The van der Waals surface area contributed by atoms with Crippen molar-refractivity contribution in [1.82, 2.24) is 0 Å². The van der Waals surface area contributed by atoms with Crippen molar-refractivity contribution in [3.63, 3.8) is 0 Å². The van der Waals surface area contributed by atoms with E-state index in [0.29, 0.717) is 6.04 Å². The second kappa shape index (κ2) is 4.97. The highest BCUT2D eigenvalue weighted by atomic mass is 79.9. The van der Waals surface area contributed by atoms with Gasteiger partial charge in [-0.3, -0.25) is 0 Å². The predicted molar refractivity (Wildman–Crippen MR) is 74.3 cm³/mol. The molecule has 1 aromatic carbocycles. The third kappa shape index (κ3) is 3.14. The summed E-state index contributed by atoms with van der Waals surface area (Å²) in [5, 5.41) is 4.34. The van der Waals surface area contributed by atoms with Gasteiger partial charge in [-0.2, -0.15) is 0 Å². The Kier molecular flexibility index (Phi) is 3.81. The first kappa shape index (κ1) is 12.3. The Balaban J connectivity index is 2.04. The third-order valence-electron chi connectivity index (χ3n) is 3.03. The summed E-state index contributed by atoms with van der Waals surface area (Å²) in [5.41, 5.74) is 2.21. The number of rotatable bonds is 4. The molecule has 2 rings (SSSR count). The number of aryl methyl sites for hydroxylation is 1. The van der Waals surface area contributed by atoms with Crippen LogP contribution in [-0.4, -0.2) is 6.04 Å². The van der Waals surface area contributed by atoms with Gasteiger partial charge in [0.2, 0.25) is 0 Å². The van der Waals surface area contributed by atoms with Crippen molar-refractivity contribution < 1.29 is 0 Å². The molecule has 1 aliphatic carbocycles. The average Bonchev–Trinajstić information content (AvgIpc) is 2.98. The van der Waals surface area contributed by atoms with E-state index in [-0.39, 0.29) is 0 Å². The summed E-state index contributed by atoms with van der Waals surface area (Å²) in [6.07, 6.45) is 4.07. The summed E-state index contributed by atoms with van der Waals surface area (Å²) in [6.45, 7) is 4.25. The molecule has 0 radical (unpaired) electrons. The van der Waals surface area contributed by atoms with E-state index < -0.39 is 0 Å². The zero-order valence-electron chi connectivity index (χ0n) is 9.69. The molecule has 3 heteroatoms. The number of nitrogens with one attached hydrogen (secondary N) is 1. The fourth-order valence-electron chi connectivity index (χ4n) is 1.93. The lowest BCUT2D eigenvalue weighted by Gasteiger charge is -2.17. The largest absolute Gasteiger partial charge is 0.382 e. The minimum atomic E-state index is 0.516. The monoisotopic (exact) mass is 301 g/mol. The van der Waals surface area contributed by atoms with Crippen LogP contribution < -0.4 is 5.32 Å². The molecule has 1 N–H and O–H groups in total. The minimum absolute atomic E-state index is 0.516. The van der Waals surface area contributed by atoms with Crippen molar-refractivity contribution >= 4 is 33.2 Å². The lowest BCUT2D eigenvalue weighted by atomic mass is 10.1. The van der Waals surface area contributed by atoms with E-state index in [1.54, 1.807) is 0 Å². The van der Waals surface area contributed by atoms with Gasteiger partial charge in [0.1, 0.15) is 0 Å². The molecule has 1 atom stereocenters. The van der Waals surface area contributed by atoms with Crippen LogP contribution in [0.4, 0.5) is 5.69 Å². The van der Waals surface area contributed by atoms with Gasteiger partial charge in [-0.1, -0.05) is 24.4 Å². The Hall–Kier alpha value is -0.210. The summed E-state index contributed by atoms with van der Waals surface area (Å²) >= 11 is 9.70. The SMILES string of the molecule is Cc1cc(Br)c(NC(C)CC2CC2)cc1Cl. The van der Waals surface area contributed by atoms with Crippen molar-refractivity contribution in [2.75, 3.05) is 5.32 Å². The van der Waals surface area contributed by atoms with E-state index >= 15 is 0 Å². The van der Waals surface area contributed by atoms with E-state index in [1.807, 2.05) is 13.0 Å². The maximum atomic E-state index is 6.13. The first-order chi connectivity index (χ1) is 7.56. The standard InChI is InChI=1S/C13H17BrClN/c1-8-5-11(14)13(7-12(8)15)16-9(2)6-10-3-4-10/h5,7,9-10,16H,3-4,6H2,1-2H3. The lowest BCUT2D eigenvalue weighted by Crippen LogP contribution is -2.16. The minimum Gasteiger partial charge on any atom is -0.382 e. The van der Waals surface area contributed by atoms with Crippen molar-refractivity contribution in [3.8, 4) is 0 Å². The highest BCUT2D eigenvalue weighted by Gasteiger charge is 2.23. The van der Waals surface area contributed by atoms with E-state index in [9.17, 15) is 0 Å². The summed E-state index contributed by atoms with van der Waals surface area (Å²) in [4.78, 5) is 0. The van der Waals surface area contributed by atoms with E-state index in [1.165, 1.54) is 19.3 Å². The molecule has 0 heterocycles. The molecule has 0 bridgehead atoms. The molecule has 1 aliphatic rings. The van der Waals surface area contributed by atoms with Gasteiger partial charge in [0.05, 0.1) is 5.69 Å². The molecule has 1 saturated carbocycles. The maximum Gasteiger partial charge on any atom is 0.0501 e. The molecule has 0 amide bonds. The average molecular weight is 303 g/mol. The van der Waals surface area contributed by atoms with Gasteiger partial charge in [-0.05, 0) is 59.8 Å². The van der Waals surface area contributed by atoms with Gasteiger partial charge < -0.3 is 5.32 Å². The van der Waals surface area contributed by atoms with Crippen molar-refractivity contribution in [1.29, 1.82) is 0 Å². The van der Waals surface area contributed by atoms with Crippen molar-refractivity contribution in [2.45, 2.75) is 39.2 Å². The molecule has 0 saturated heterocycles. The third-order valence-corrected chi connectivity index (χ3v) is 4.10. The smallest absolute Gasteiger partial charge is 0.0501 e. The Bertz CT molecular complexity index is 388. The molecule has 16 heavy (non-hydrogen) atoms. The summed E-state index contributed by atoms with van der Waals surface area (Å²) < 4.78 is 1.09. The van der Waals surface area contributed by atoms with Gasteiger partial charge in [-0.25, -0.2) is 0 Å². The summed E-state index contributed by atoms with van der Waals surface area (Å²) in [6, 6.07) is 4.58. The van der Waals surface area contributed by atoms with Crippen LogP contribution in [0.3, 0.4) is 0 Å². The maximum absolute atomic E-state index is 6.13. The highest BCUT2D eigenvalue weighted by Crippen LogP contribution is 2.35. The first-order valence-corrected chi connectivity index (χ1v) is 6.95. The van der Waals surface area contributed by atoms with E-state index in [0.717, 1.165) is 26.7 Å².